The van der Waals surface area contributed by atoms with E-state index in [0.717, 1.165) is 38.5 Å². The molecular weight excluding hydrogens is 382 g/mol. The number of benzene rings is 4. The molecule has 0 saturated carbocycles. The van der Waals surface area contributed by atoms with Crippen molar-refractivity contribution < 1.29 is 4.79 Å². The van der Waals surface area contributed by atoms with Gasteiger partial charge in [0.1, 0.15) is 0 Å². The maximum absolute atomic E-state index is 13.0. The summed E-state index contributed by atoms with van der Waals surface area (Å²) >= 11 is 0. The molecule has 4 aromatic carbocycles. The number of nitrogens with one attached hydrogen (secondary N) is 1. The molecule has 1 heterocycles. The van der Waals surface area contributed by atoms with Crippen molar-refractivity contribution in [2.24, 2.45) is 5.10 Å². The van der Waals surface area contributed by atoms with Crippen LogP contribution in [0.5, 0.6) is 0 Å². The van der Waals surface area contributed by atoms with Crippen LogP contribution in [-0.4, -0.2) is 17.1 Å². The quantitative estimate of drug-likeness (QED) is 0.305. The average molecular weight is 401 g/mol. The van der Waals surface area contributed by atoms with Gasteiger partial charge in [-0.25, -0.2) is 10.4 Å². The molecule has 0 fully saturated rings. The van der Waals surface area contributed by atoms with Crippen LogP contribution in [0.25, 0.3) is 32.9 Å². The molecule has 31 heavy (non-hydrogen) atoms. The fourth-order valence-corrected chi connectivity index (χ4v) is 3.70. The first-order valence-corrected chi connectivity index (χ1v) is 10.1. The van der Waals surface area contributed by atoms with Gasteiger partial charge in [-0.15, -0.1) is 0 Å². The van der Waals surface area contributed by atoms with E-state index in [1.54, 1.807) is 6.21 Å². The predicted molar refractivity (Wildman–Crippen MR) is 126 cm³/mol. The summed E-state index contributed by atoms with van der Waals surface area (Å²) in [6.45, 7) is 0. The summed E-state index contributed by atoms with van der Waals surface area (Å²) in [7, 11) is 0. The zero-order valence-corrected chi connectivity index (χ0v) is 16.7. The maximum atomic E-state index is 13.0. The highest BCUT2D eigenvalue weighted by Crippen LogP contribution is 2.25. The first kappa shape index (κ1) is 18.7. The molecule has 0 atom stereocenters. The van der Waals surface area contributed by atoms with Gasteiger partial charge in [0, 0.05) is 16.5 Å². The van der Waals surface area contributed by atoms with Crippen molar-refractivity contribution >= 4 is 33.8 Å². The lowest BCUT2D eigenvalue weighted by atomic mass is 10.0. The van der Waals surface area contributed by atoms with E-state index in [1.807, 2.05) is 91.0 Å². The van der Waals surface area contributed by atoms with Gasteiger partial charge in [-0.3, -0.25) is 4.79 Å². The Morgan fingerprint density at radius 2 is 1.48 bits per heavy atom. The van der Waals surface area contributed by atoms with Gasteiger partial charge in [0.15, 0.2) is 0 Å². The van der Waals surface area contributed by atoms with Crippen LogP contribution in [0, 0.1) is 0 Å². The predicted octanol–water partition coefficient (Wildman–Crippen LogP) is 5.82. The standard InChI is InChI=1S/C27H19N3O/c31-27(30-28-18-21-13-8-12-19-9-4-5-14-22(19)21)24-17-26(20-10-2-1-3-11-20)29-25-16-7-6-15-23(24)25/h1-18H,(H,30,31)/b28-18+. The van der Waals surface area contributed by atoms with Gasteiger partial charge in [0.2, 0.25) is 0 Å². The van der Waals surface area contributed by atoms with Crippen LogP contribution >= 0.6 is 0 Å². The minimum absolute atomic E-state index is 0.271. The SMILES string of the molecule is O=C(N/N=C/c1cccc2ccccc12)c1cc(-c2ccccc2)nc2ccccc12. The van der Waals surface area contributed by atoms with Gasteiger partial charge >= 0.3 is 0 Å². The molecule has 4 heteroatoms. The zero-order valence-electron chi connectivity index (χ0n) is 16.7. The lowest BCUT2D eigenvalue weighted by Gasteiger charge is -2.09. The van der Waals surface area contributed by atoms with E-state index in [4.69, 9.17) is 4.98 Å². The molecule has 5 rings (SSSR count). The van der Waals surface area contributed by atoms with Crippen molar-refractivity contribution in [3.05, 3.63) is 114 Å². The van der Waals surface area contributed by atoms with Gasteiger partial charge in [-0.05, 0) is 22.9 Å². The Kier molecular flexibility index (Phi) is 4.95. The Balaban J connectivity index is 1.49. The largest absolute Gasteiger partial charge is 0.272 e. The topological polar surface area (TPSA) is 54.4 Å². The summed E-state index contributed by atoms with van der Waals surface area (Å²) in [5.74, 6) is -0.271. The van der Waals surface area contributed by atoms with Crippen LogP contribution < -0.4 is 5.43 Å². The third-order valence-corrected chi connectivity index (χ3v) is 5.22. The summed E-state index contributed by atoms with van der Waals surface area (Å²) < 4.78 is 0. The number of carbonyl (C=O) groups is 1. The second kappa shape index (κ2) is 8.20. The monoisotopic (exact) mass is 401 g/mol. The average Bonchev–Trinajstić information content (AvgIpc) is 2.84. The van der Waals surface area contributed by atoms with Crippen molar-refractivity contribution in [1.82, 2.24) is 10.4 Å². The van der Waals surface area contributed by atoms with E-state index in [9.17, 15) is 4.79 Å². The van der Waals surface area contributed by atoms with E-state index in [1.165, 1.54) is 0 Å². The molecule has 1 amide bonds. The highest BCUT2D eigenvalue weighted by molar-refractivity contribution is 6.07. The molecule has 0 spiro atoms. The minimum Gasteiger partial charge on any atom is -0.267 e. The van der Waals surface area contributed by atoms with Crippen molar-refractivity contribution in [2.45, 2.75) is 0 Å². The number of fused-ring (bicyclic) bond motifs is 2. The van der Waals surface area contributed by atoms with E-state index in [-0.39, 0.29) is 5.91 Å². The number of hydrogen-bond acceptors (Lipinski definition) is 3. The van der Waals surface area contributed by atoms with Crippen molar-refractivity contribution in [3.63, 3.8) is 0 Å². The summed E-state index contributed by atoms with van der Waals surface area (Å²) in [5, 5.41) is 7.24. The highest BCUT2D eigenvalue weighted by Gasteiger charge is 2.13. The minimum atomic E-state index is -0.271. The van der Waals surface area contributed by atoms with Gasteiger partial charge in [0.05, 0.1) is 23.0 Å². The number of amides is 1. The second-order valence-corrected chi connectivity index (χ2v) is 7.21. The summed E-state index contributed by atoms with van der Waals surface area (Å²) in [4.78, 5) is 17.8. The maximum Gasteiger partial charge on any atom is 0.272 e. The molecule has 1 N–H and O–H groups in total. The Morgan fingerprint density at radius 3 is 2.35 bits per heavy atom. The summed E-state index contributed by atoms with van der Waals surface area (Å²) in [5.41, 5.74) is 6.66. The molecule has 0 aliphatic carbocycles. The number of rotatable bonds is 4. The molecule has 0 saturated heterocycles. The van der Waals surface area contributed by atoms with Crippen LogP contribution in [0.1, 0.15) is 15.9 Å². The Morgan fingerprint density at radius 1 is 0.774 bits per heavy atom. The smallest absolute Gasteiger partial charge is 0.267 e. The van der Waals surface area contributed by atoms with Crippen molar-refractivity contribution in [3.8, 4) is 11.3 Å². The fourth-order valence-electron chi connectivity index (χ4n) is 3.70. The van der Waals surface area contributed by atoms with Gasteiger partial charge in [-0.1, -0.05) is 91.0 Å². The van der Waals surface area contributed by atoms with E-state index < -0.39 is 0 Å². The number of hydrazone groups is 1. The molecular formula is C27H19N3O. The Hall–Kier alpha value is -4.31. The third-order valence-electron chi connectivity index (χ3n) is 5.22. The molecule has 4 nitrogen and oxygen atoms in total. The van der Waals surface area contributed by atoms with E-state index in [0.29, 0.717) is 5.56 Å². The number of para-hydroxylation sites is 1. The first-order valence-electron chi connectivity index (χ1n) is 10.1. The number of carbonyl (C=O) groups excluding carboxylic acids is 1. The summed E-state index contributed by atoms with van der Waals surface area (Å²) in [6, 6.07) is 33.4. The van der Waals surface area contributed by atoms with Crippen LogP contribution in [0.4, 0.5) is 0 Å². The Labute approximate surface area is 179 Å². The molecule has 0 radical (unpaired) electrons. The van der Waals surface area contributed by atoms with E-state index in [2.05, 4.69) is 22.7 Å². The lowest BCUT2D eigenvalue weighted by Crippen LogP contribution is -2.18. The van der Waals surface area contributed by atoms with E-state index >= 15 is 0 Å². The van der Waals surface area contributed by atoms with Gasteiger partial charge < -0.3 is 0 Å². The zero-order chi connectivity index (χ0) is 21.0. The van der Waals surface area contributed by atoms with Crippen LogP contribution in [0.15, 0.2) is 108 Å². The van der Waals surface area contributed by atoms with Gasteiger partial charge in [0.25, 0.3) is 5.91 Å². The molecule has 148 valence electrons. The van der Waals surface area contributed by atoms with Crippen LogP contribution in [0.3, 0.4) is 0 Å². The molecule has 5 aromatic rings. The fraction of sp³-hybridized carbons (Fsp3) is 0. The first-order chi connectivity index (χ1) is 15.3. The Bertz CT molecular complexity index is 1420. The molecule has 0 aliphatic rings. The normalized spacial score (nSPS) is 11.2. The molecule has 0 aliphatic heterocycles. The van der Waals surface area contributed by atoms with Gasteiger partial charge in [-0.2, -0.15) is 5.10 Å². The lowest BCUT2D eigenvalue weighted by molar-refractivity contribution is 0.0956. The second-order valence-electron chi connectivity index (χ2n) is 7.21. The summed E-state index contributed by atoms with van der Waals surface area (Å²) in [6.07, 6.45) is 1.68. The highest BCUT2D eigenvalue weighted by atomic mass is 16.2. The molecule has 1 aromatic heterocycles. The third kappa shape index (κ3) is 3.79. The molecule has 0 bridgehead atoms. The number of aromatic nitrogens is 1. The van der Waals surface area contributed by atoms with Crippen molar-refractivity contribution in [1.29, 1.82) is 0 Å². The number of pyridine rings is 1. The molecule has 0 unspecified atom stereocenters. The number of nitrogens with zero attached hydrogens (tertiary/aromatic N) is 2. The van der Waals surface area contributed by atoms with Crippen molar-refractivity contribution in [2.75, 3.05) is 0 Å². The van der Waals surface area contributed by atoms with Crippen LogP contribution in [0.2, 0.25) is 0 Å². The van der Waals surface area contributed by atoms with Crippen LogP contribution in [-0.2, 0) is 0 Å². The number of hydrogen-bond donors (Lipinski definition) is 1.